The highest BCUT2D eigenvalue weighted by atomic mass is 16.6. The number of hydrogen-bond acceptors (Lipinski definition) is 3. The predicted octanol–water partition coefficient (Wildman–Crippen LogP) is 5.47. The number of unbranched alkanes of at least 4 members (excludes halogenated alkanes) is 9. The van der Waals surface area contributed by atoms with Gasteiger partial charge in [0.25, 0.3) is 0 Å². The summed E-state index contributed by atoms with van der Waals surface area (Å²) in [6.45, 7) is 2.79. The normalized spacial score (nSPS) is 10.4. The SMILES string of the molecule is CCCCCCCCCCCCNC(=O)OC(=O)c1ccccc1. The number of esters is 1. The van der Waals surface area contributed by atoms with Crippen molar-refractivity contribution in [3.63, 3.8) is 0 Å². The minimum Gasteiger partial charge on any atom is -0.373 e. The van der Waals surface area contributed by atoms with E-state index in [1.54, 1.807) is 24.3 Å². The van der Waals surface area contributed by atoms with Crippen LogP contribution in [0.25, 0.3) is 0 Å². The van der Waals surface area contributed by atoms with Gasteiger partial charge in [-0.3, -0.25) is 0 Å². The summed E-state index contributed by atoms with van der Waals surface area (Å²) in [4.78, 5) is 23.2. The van der Waals surface area contributed by atoms with E-state index in [1.165, 1.54) is 51.4 Å². The topological polar surface area (TPSA) is 55.4 Å². The van der Waals surface area contributed by atoms with Crippen molar-refractivity contribution in [1.82, 2.24) is 5.32 Å². The molecule has 0 fully saturated rings. The summed E-state index contributed by atoms with van der Waals surface area (Å²) >= 11 is 0. The molecule has 0 bridgehead atoms. The maximum absolute atomic E-state index is 11.7. The number of nitrogens with one attached hydrogen (secondary N) is 1. The van der Waals surface area contributed by atoms with E-state index in [1.807, 2.05) is 6.07 Å². The van der Waals surface area contributed by atoms with E-state index in [-0.39, 0.29) is 0 Å². The van der Waals surface area contributed by atoms with E-state index in [2.05, 4.69) is 12.2 Å². The summed E-state index contributed by atoms with van der Waals surface area (Å²) in [5.74, 6) is -0.615. The molecule has 134 valence electrons. The van der Waals surface area contributed by atoms with Crippen LogP contribution < -0.4 is 5.32 Å². The number of carbonyl (C=O) groups excluding carboxylic acids is 2. The molecule has 1 amide bonds. The van der Waals surface area contributed by atoms with Crippen molar-refractivity contribution >= 4 is 12.1 Å². The highest BCUT2D eigenvalue weighted by molar-refractivity contribution is 5.96. The van der Waals surface area contributed by atoms with Gasteiger partial charge in [0.15, 0.2) is 0 Å². The van der Waals surface area contributed by atoms with Crippen molar-refractivity contribution in [3.05, 3.63) is 35.9 Å². The molecule has 0 aliphatic carbocycles. The molecule has 4 heteroatoms. The predicted molar refractivity (Wildman–Crippen MR) is 97.1 cm³/mol. The molecule has 0 saturated carbocycles. The minimum absolute atomic E-state index is 0.381. The molecular formula is C20H31NO3. The zero-order chi connectivity index (χ0) is 17.5. The van der Waals surface area contributed by atoms with Crippen molar-refractivity contribution in [2.75, 3.05) is 6.54 Å². The van der Waals surface area contributed by atoms with Gasteiger partial charge in [0, 0.05) is 6.54 Å². The van der Waals surface area contributed by atoms with Crippen LogP contribution in [0.3, 0.4) is 0 Å². The average molecular weight is 333 g/mol. The summed E-state index contributed by atoms with van der Waals surface area (Å²) < 4.78 is 4.74. The lowest BCUT2D eigenvalue weighted by molar-refractivity contribution is 0.0622. The number of alkyl carbamates (subject to hydrolysis) is 1. The molecule has 0 unspecified atom stereocenters. The second-order valence-corrected chi connectivity index (χ2v) is 6.15. The molecule has 0 aliphatic heterocycles. The van der Waals surface area contributed by atoms with Crippen LogP contribution in [0.5, 0.6) is 0 Å². The van der Waals surface area contributed by atoms with Gasteiger partial charge in [-0.15, -0.1) is 0 Å². The molecule has 1 N–H and O–H groups in total. The van der Waals surface area contributed by atoms with Crippen molar-refractivity contribution in [1.29, 1.82) is 0 Å². The number of carbonyl (C=O) groups is 2. The summed E-state index contributed by atoms with van der Waals surface area (Å²) in [7, 11) is 0. The number of hydrogen-bond donors (Lipinski definition) is 1. The standard InChI is InChI=1S/C20H31NO3/c1-2-3-4-5-6-7-8-9-10-14-17-21-20(23)24-19(22)18-15-12-11-13-16-18/h11-13,15-16H,2-10,14,17H2,1H3,(H,21,23). The number of ether oxygens (including phenoxy) is 1. The lowest BCUT2D eigenvalue weighted by Gasteiger charge is -2.06. The third kappa shape index (κ3) is 10.0. The molecule has 0 aromatic heterocycles. The van der Waals surface area contributed by atoms with Crippen LogP contribution in [0.1, 0.15) is 81.5 Å². The van der Waals surface area contributed by atoms with Gasteiger partial charge in [-0.05, 0) is 18.6 Å². The Labute approximate surface area is 146 Å². The van der Waals surface area contributed by atoms with Gasteiger partial charge >= 0.3 is 12.1 Å². The van der Waals surface area contributed by atoms with Crippen molar-refractivity contribution < 1.29 is 14.3 Å². The van der Waals surface area contributed by atoms with Crippen LogP contribution in [-0.4, -0.2) is 18.6 Å². The fourth-order valence-electron chi connectivity index (χ4n) is 2.56. The first-order valence-corrected chi connectivity index (χ1v) is 9.29. The highest BCUT2D eigenvalue weighted by Crippen LogP contribution is 2.10. The summed E-state index contributed by atoms with van der Waals surface area (Å²) in [6.07, 6.45) is 11.8. The van der Waals surface area contributed by atoms with Gasteiger partial charge in [-0.1, -0.05) is 82.9 Å². The Hall–Kier alpha value is -1.84. The van der Waals surface area contributed by atoms with Crippen molar-refractivity contribution in [3.8, 4) is 0 Å². The molecule has 0 radical (unpaired) electrons. The third-order valence-electron chi connectivity index (χ3n) is 3.99. The van der Waals surface area contributed by atoms with E-state index in [0.717, 1.165) is 12.8 Å². The third-order valence-corrected chi connectivity index (χ3v) is 3.99. The molecule has 0 saturated heterocycles. The number of rotatable bonds is 12. The van der Waals surface area contributed by atoms with Gasteiger partial charge in [-0.2, -0.15) is 0 Å². The molecule has 1 aromatic rings. The lowest BCUT2D eigenvalue weighted by Crippen LogP contribution is -2.27. The zero-order valence-corrected chi connectivity index (χ0v) is 14.9. The Morgan fingerprint density at radius 2 is 1.38 bits per heavy atom. The van der Waals surface area contributed by atoms with Gasteiger partial charge in [0.1, 0.15) is 0 Å². The van der Waals surface area contributed by atoms with Crippen molar-refractivity contribution in [2.24, 2.45) is 0 Å². The molecule has 24 heavy (non-hydrogen) atoms. The quantitative estimate of drug-likeness (QED) is 0.313. The Morgan fingerprint density at radius 3 is 1.96 bits per heavy atom. The fourth-order valence-corrected chi connectivity index (χ4v) is 2.56. The Kier molecular flexibility index (Phi) is 11.4. The van der Waals surface area contributed by atoms with Gasteiger partial charge in [0.2, 0.25) is 0 Å². The van der Waals surface area contributed by atoms with E-state index >= 15 is 0 Å². The smallest absolute Gasteiger partial charge is 0.373 e. The fraction of sp³-hybridized carbons (Fsp3) is 0.600. The maximum Gasteiger partial charge on any atom is 0.415 e. The maximum atomic E-state index is 11.7. The van der Waals surface area contributed by atoms with Crippen LogP contribution in [0, 0.1) is 0 Å². The Balaban J connectivity index is 1.94. The molecule has 4 nitrogen and oxygen atoms in total. The molecule has 0 atom stereocenters. The van der Waals surface area contributed by atoms with Crippen molar-refractivity contribution in [2.45, 2.75) is 71.1 Å². The first-order chi connectivity index (χ1) is 11.7. The van der Waals surface area contributed by atoms with E-state index < -0.39 is 12.1 Å². The molecule has 0 aliphatic rings. The number of amides is 1. The largest absolute Gasteiger partial charge is 0.415 e. The van der Waals surface area contributed by atoms with Gasteiger partial charge in [-0.25, -0.2) is 9.59 Å². The highest BCUT2D eigenvalue weighted by Gasteiger charge is 2.11. The number of benzene rings is 1. The average Bonchev–Trinajstić information content (AvgIpc) is 2.60. The summed E-state index contributed by atoms with van der Waals surface area (Å²) in [5.41, 5.74) is 0.381. The van der Waals surface area contributed by atoms with Crippen LogP contribution in [0.2, 0.25) is 0 Å². The first-order valence-electron chi connectivity index (χ1n) is 9.29. The Bertz CT molecular complexity index is 459. The first kappa shape index (κ1) is 20.2. The summed E-state index contributed by atoms with van der Waals surface area (Å²) in [6, 6.07) is 8.52. The molecule has 0 spiro atoms. The second-order valence-electron chi connectivity index (χ2n) is 6.15. The van der Waals surface area contributed by atoms with E-state index in [0.29, 0.717) is 12.1 Å². The van der Waals surface area contributed by atoms with Crippen LogP contribution in [-0.2, 0) is 4.74 Å². The minimum atomic E-state index is -0.667. The summed E-state index contributed by atoms with van der Waals surface area (Å²) in [5, 5.41) is 2.63. The second kappa shape index (κ2) is 13.6. The van der Waals surface area contributed by atoms with Gasteiger partial charge in [0.05, 0.1) is 5.56 Å². The van der Waals surface area contributed by atoms with Crippen LogP contribution in [0.15, 0.2) is 30.3 Å². The van der Waals surface area contributed by atoms with E-state index in [4.69, 9.17) is 4.74 Å². The van der Waals surface area contributed by atoms with E-state index in [9.17, 15) is 9.59 Å². The molecular weight excluding hydrogens is 302 g/mol. The zero-order valence-electron chi connectivity index (χ0n) is 14.9. The Morgan fingerprint density at radius 1 is 0.833 bits per heavy atom. The molecule has 0 heterocycles. The van der Waals surface area contributed by atoms with Gasteiger partial charge < -0.3 is 10.1 Å². The lowest BCUT2D eigenvalue weighted by atomic mass is 10.1. The molecule has 1 aromatic carbocycles. The van der Waals surface area contributed by atoms with Crippen LogP contribution >= 0.6 is 0 Å². The monoisotopic (exact) mass is 333 g/mol. The van der Waals surface area contributed by atoms with Crippen LogP contribution in [0.4, 0.5) is 4.79 Å². The molecule has 1 rings (SSSR count).